The van der Waals surface area contributed by atoms with Gasteiger partial charge in [0.25, 0.3) is 10.0 Å². The molecule has 0 heterocycles. The Bertz CT molecular complexity index is 1710. The highest BCUT2D eigenvalue weighted by Gasteiger charge is 2.34. The Balaban J connectivity index is 1.80. The summed E-state index contributed by atoms with van der Waals surface area (Å²) in [6, 6.07) is 29.5. The topological polar surface area (TPSA) is 96.0 Å². The van der Waals surface area contributed by atoms with Gasteiger partial charge in [0.05, 0.1) is 17.7 Å². The van der Waals surface area contributed by atoms with Crippen molar-refractivity contribution in [1.82, 2.24) is 10.2 Å². The number of amides is 2. The molecule has 2 amide bonds. The number of methoxy groups -OCH3 is 1. The van der Waals surface area contributed by atoms with E-state index in [0.717, 1.165) is 39.4 Å². The number of benzene rings is 4. The summed E-state index contributed by atoms with van der Waals surface area (Å²) in [4.78, 5) is 30.0. The van der Waals surface area contributed by atoms with Gasteiger partial charge in [-0.3, -0.25) is 13.9 Å². The van der Waals surface area contributed by atoms with E-state index >= 15 is 0 Å². The first kappa shape index (κ1) is 34.2. The summed E-state index contributed by atoms with van der Waals surface area (Å²) in [6.07, 6.45) is 1.95. The molecule has 0 fully saturated rings. The van der Waals surface area contributed by atoms with Gasteiger partial charge in [-0.15, -0.1) is 0 Å². The van der Waals surface area contributed by atoms with Crippen molar-refractivity contribution in [3.63, 3.8) is 0 Å². The smallest absolute Gasteiger partial charge is 0.264 e. The molecule has 0 bridgehead atoms. The average Bonchev–Trinajstić information content (AvgIpc) is 3.05. The van der Waals surface area contributed by atoms with Gasteiger partial charge in [-0.2, -0.15) is 0 Å². The third kappa shape index (κ3) is 8.97. The van der Waals surface area contributed by atoms with E-state index in [9.17, 15) is 18.0 Å². The molecule has 8 nitrogen and oxygen atoms in total. The van der Waals surface area contributed by atoms with E-state index in [-0.39, 0.29) is 23.8 Å². The van der Waals surface area contributed by atoms with E-state index in [4.69, 9.17) is 4.74 Å². The summed E-state index contributed by atoms with van der Waals surface area (Å²) in [7, 11) is -2.59. The lowest BCUT2D eigenvalue weighted by molar-refractivity contribution is -0.140. The van der Waals surface area contributed by atoms with Gasteiger partial charge in [0.1, 0.15) is 18.3 Å². The minimum absolute atomic E-state index is 0.0704. The number of unbranched alkanes of at least 4 members (excludes halogenated alkanes) is 1. The summed E-state index contributed by atoms with van der Waals surface area (Å²) in [5, 5.41) is 3.01. The van der Waals surface area contributed by atoms with E-state index < -0.39 is 28.5 Å². The maximum Gasteiger partial charge on any atom is 0.264 e. The second-order valence-electron chi connectivity index (χ2n) is 11.4. The van der Waals surface area contributed by atoms with Crippen LogP contribution in [0.2, 0.25) is 0 Å². The first-order valence-corrected chi connectivity index (χ1v) is 17.0. The Morgan fingerprint density at radius 1 is 0.826 bits per heavy atom. The van der Waals surface area contributed by atoms with E-state index in [1.807, 2.05) is 81.4 Å². The molecular weight excluding hydrogens is 598 g/mol. The molecule has 0 aromatic heterocycles. The number of anilines is 1. The third-order valence-corrected chi connectivity index (χ3v) is 9.55. The zero-order valence-electron chi connectivity index (χ0n) is 27.0. The fraction of sp³-hybridized carbons (Fsp3) is 0.297. The first-order valence-electron chi connectivity index (χ1n) is 15.5. The second-order valence-corrected chi connectivity index (χ2v) is 13.2. The van der Waals surface area contributed by atoms with Crippen LogP contribution in [0.4, 0.5) is 5.69 Å². The van der Waals surface area contributed by atoms with E-state index in [0.29, 0.717) is 18.0 Å². The van der Waals surface area contributed by atoms with Crippen molar-refractivity contribution < 1.29 is 22.7 Å². The Labute approximate surface area is 273 Å². The number of sulfonamides is 1. The zero-order valence-corrected chi connectivity index (χ0v) is 27.8. The fourth-order valence-electron chi connectivity index (χ4n) is 5.18. The maximum absolute atomic E-state index is 14.6. The molecule has 0 saturated carbocycles. The van der Waals surface area contributed by atoms with Crippen molar-refractivity contribution in [3.8, 4) is 5.75 Å². The van der Waals surface area contributed by atoms with Gasteiger partial charge in [0.15, 0.2) is 0 Å². The fourth-order valence-corrected chi connectivity index (χ4v) is 6.58. The van der Waals surface area contributed by atoms with Crippen molar-refractivity contribution in [1.29, 1.82) is 0 Å². The Morgan fingerprint density at radius 3 is 2.20 bits per heavy atom. The molecule has 0 aliphatic heterocycles. The number of carbonyl (C=O) groups is 2. The van der Waals surface area contributed by atoms with Gasteiger partial charge in [-0.05, 0) is 73.4 Å². The Kier molecular flexibility index (Phi) is 12.0. The summed E-state index contributed by atoms with van der Waals surface area (Å²) < 4.78 is 34.9. The lowest BCUT2D eigenvalue weighted by Gasteiger charge is -2.34. The standard InChI is InChI=1S/C37H43N3O5S/c1-5-6-22-38-37(42)35(25-30-13-8-7-9-14-30)39(26-31-15-11-17-33(24-31)45-4)36(41)27-40(32-16-10-12-29(3)23-32)46(43,44)34-20-18-28(2)19-21-34/h7-21,23-24,35H,5-6,22,25-27H2,1-4H3,(H,38,42)/t35-/m1/s1. The van der Waals surface area contributed by atoms with Crippen LogP contribution in [0.25, 0.3) is 0 Å². The number of carbonyl (C=O) groups excluding carboxylic acids is 2. The van der Waals surface area contributed by atoms with E-state index in [1.165, 1.54) is 4.90 Å². The van der Waals surface area contributed by atoms with Gasteiger partial charge in [-0.1, -0.05) is 85.6 Å². The van der Waals surface area contributed by atoms with Gasteiger partial charge in [0, 0.05) is 19.5 Å². The van der Waals surface area contributed by atoms with E-state index in [2.05, 4.69) is 5.32 Å². The predicted molar refractivity (Wildman–Crippen MR) is 182 cm³/mol. The highest BCUT2D eigenvalue weighted by Crippen LogP contribution is 2.26. The molecular formula is C37H43N3O5S. The van der Waals surface area contributed by atoms with Crippen LogP contribution in [0.15, 0.2) is 108 Å². The highest BCUT2D eigenvalue weighted by atomic mass is 32.2. The summed E-state index contributed by atoms with van der Waals surface area (Å²) in [5.41, 5.74) is 3.75. The van der Waals surface area contributed by atoms with Crippen molar-refractivity contribution in [2.75, 3.05) is 24.5 Å². The zero-order chi connectivity index (χ0) is 33.1. The maximum atomic E-state index is 14.6. The monoisotopic (exact) mass is 641 g/mol. The Hall–Kier alpha value is -4.63. The molecule has 4 aromatic carbocycles. The van der Waals surface area contributed by atoms with Crippen LogP contribution >= 0.6 is 0 Å². The highest BCUT2D eigenvalue weighted by molar-refractivity contribution is 7.92. The molecule has 9 heteroatoms. The lowest BCUT2D eigenvalue weighted by atomic mass is 10.0. The molecule has 1 atom stereocenters. The van der Waals surface area contributed by atoms with Crippen LogP contribution in [-0.4, -0.2) is 51.4 Å². The quantitative estimate of drug-likeness (QED) is 0.159. The molecule has 4 aromatic rings. The minimum Gasteiger partial charge on any atom is -0.497 e. The van der Waals surface area contributed by atoms with Crippen LogP contribution in [0.3, 0.4) is 0 Å². The van der Waals surface area contributed by atoms with Crippen LogP contribution in [-0.2, 0) is 32.6 Å². The molecule has 4 rings (SSSR count). The summed E-state index contributed by atoms with van der Waals surface area (Å²) >= 11 is 0. The molecule has 0 aliphatic rings. The van der Waals surface area contributed by atoms with Crippen molar-refractivity contribution in [2.24, 2.45) is 0 Å². The molecule has 0 spiro atoms. The molecule has 0 radical (unpaired) electrons. The largest absolute Gasteiger partial charge is 0.497 e. The average molecular weight is 642 g/mol. The lowest BCUT2D eigenvalue weighted by Crippen LogP contribution is -2.53. The van der Waals surface area contributed by atoms with Gasteiger partial charge in [0.2, 0.25) is 11.8 Å². The normalized spacial score (nSPS) is 11.8. The van der Waals surface area contributed by atoms with Crippen molar-refractivity contribution in [2.45, 2.75) is 57.5 Å². The minimum atomic E-state index is -4.16. The predicted octanol–water partition coefficient (Wildman–Crippen LogP) is 6.06. The number of ether oxygens (including phenoxy) is 1. The van der Waals surface area contributed by atoms with Crippen LogP contribution in [0.5, 0.6) is 5.75 Å². The number of nitrogens with one attached hydrogen (secondary N) is 1. The number of nitrogens with zero attached hydrogens (tertiary/aromatic N) is 2. The van der Waals surface area contributed by atoms with Crippen molar-refractivity contribution in [3.05, 3.63) is 125 Å². The SMILES string of the molecule is CCCCNC(=O)[C@@H](Cc1ccccc1)N(Cc1cccc(OC)c1)C(=O)CN(c1cccc(C)c1)S(=O)(=O)c1ccc(C)cc1. The van der Waals surface area contributed by atoms with Gasteiger partial charge >= 0.3 is 0 Å². The molecule has 0 saturated heterocycles. The van der Waals surface area contributed by atoms with Gasteiger partial charge < -0.3 is 15.0 Å². The van der Waals surface area contributed by atoms with E-state index in [1.54, 1.807) is 49.6 Å². The molecule has 1 N–H and O–H groups in total. The number of hydrogen-bond donors (Lipinski definition) is 1. The van der Waals surface area contributed by atoms with Crippen LogP contribution in [0, 0.1) is 13.8 Å². The molecule has 46 heavy (non-hydrogen) atoms. The van der Waals surface area contributed by atoms with Gasteiger partial charge in [-0.25, -0.2) is 8.42 Å². The first-order chi connectivity index (χ1) is 22.1. The van der Waals surface area contributed by atoms with Crippen LogP contribution in [0.1, 0.15) is 42.0 Å². The molecule has 0 unspecified atom stereocenters. The van der Waals surface area contributed by atoms with Crippen molar-refractivity contribution >= 4 is 27.5 Å². The Morgan fingerprint density at radius 2 is 1.52 bits per heavy atom. The van der Waals surface area contributed by atoms with Crippen LogP contribution < -0.4 is 14.4 Å². The summed E-state index contributed by atoms with van der Waals surface area (Å²) in [6.45, 7) is 5.83. The molecule has 242 valence electrons. The number of aryl methyl sites for hydroxylation is 2. The summed E-state index contributed by atoms with van der Waals surface area (Å²) in [5.74, 6) is -0.191. The third-order valence-electron chi connectivity index (χ3n) is 7.77. The number of rotatable bonds is 15. The molecule has 0 aliphatic carbocycles. The number of hydrogen-bond acceptors (Lipinski definition) is 5. The second kappa shape index (κ2) is 16.1.